The highest BCUT2D eigenvalue weighted by molar-refractivity contribution is 6.23. The second-order valence-corrected chi connectivity index (χ2v) is 12.2. The maximum atomic E-state index is 13.7. The molecule has 3 aliphatic rings. The van der Waals surface area contributed by atoms with Crippen molar-refractivity contribution in [2.75, 3.05) is 4.90 Å². The summed E-state index contributed by atoms with van der Waals surface area (Å²) in [6, 6.07) is 33.1. The summed E-state index contributed by atoms with van der Waals surface area (Å²) in [6.07, 6.45) is 0.754. The Balaban J connectivity index is 1.00. The quantitative estimate of drug-likeness (QED) is 0.122. The van der Waals surface area contributed by atoms with Crippen LogP contribution in [0.3, 0.4) is 0 Å². The van der Waals surface area contributed by atoms with Crippen LogP contribution in [0.5, 0.6) is 5.75 Å². The van der Waals surface area contributed by atoms with Crippen LogP contribution in [0.15, 0.2) is 109 Å². The summed E-state index contributed by atoms with van der Waals surface area (Å²) in [6.45, 7) is 1.93. The van der Waals surface area contributed by atoms with Gasteiger partial charge in [-0.25, -0.2) is 4.79 Å². The number of nitrogens with zero attached hydrogens (tertiary/aromatic N) is 1. The summed E-state index contributed by atoms with van der Waals surface area (Å²) in [7, 11) is 0. The van der Waals surface area contributed by atoms with Crippen molar-refractivity contribution in [3.05, 3.63) is 131 Å². The number of hydrogen-bond donors (Lipinski definition) is 0. The van der Waals surface area contributed by atoms with Gasteiger partial charge in [0.2, 0.25) is 17.6 Å². The number of Topliss-reactive ketones (excluding diaryl/α,β-unsaturated/α-hetero) is 1. The van der Waals surface area contributed by atoms with Gasteiger partial charge in [0.25, 0.3) is 0 Å². The molecule has 0 aromatic heterocycles. The lowest BCUT2D eigenvalue weighted by molar-refractivity contribution is -0.123. The predicted molar refractivity (Wildman–Crippen MR) is 168 cm³/mol. The fourth-order valence-electron chi connectivity index (χ4n) is 7.54. The lowest BCUT2D eigenvalue weighted by atomic mass is 9.73. The molecule has 1 aliphatic heterocycles. The molecule has 45 heavy (non-hydrogen) atoms. The van der Waals surface area contributed by atoms with Crippen LogP contribution in [0.4, 0.5) is 5.69 Å². The first-order valence-corrected chi connectivity index (χ1v) is 15.4. The van der Waals surface area contributed by atoms with Crippen molar-refractivity contribution in [3.8, 4) is 5.75 Å². The Bertz CT molecular complexity index is 1750. The Kier molecular flexibility index (Phi) is 7.53. The maximum Gasteiger partial charge on any atom is 0.338 e. The molecular formula is C38H33NO6. The normalized spacial score (nSPS) is 23.9. The fraction of sp³-hybridized carbons (Fsp3) is 0.263. The molecule has 0 N–H and O–H groups in total. The van der Waals surface area contributed by atoms with Crippen molar-refractivity contribution < 1.29 is 28.7 Å². The predicted octanol–water partition coefficient (Wildman–Crippen LogP) is 6.62. The first-order chi connectivity index (χ1) is 21.9. The molecule has 7 nitrogen and oxygen atoms in total. The molecule has 7 rings (SSSR count). The smallest absolute Gasteiger partial charge is 0.338 e. The number of anilines is 1. The summed E-state index contributed by atoms with van der Waals surface area (Å²) in [5, 5.41) is 0. The van der Waals surface area contributed by atoms with Crippen LogP contribution in [-0.2, 0) is 20.9 Å². The first kappa shape index (κ1) is 28.7. The number of benzene rings is 4. The SMILES string of the molecule is C[C@H](OC(=O)c1cccc(N2C(=O)[C@@H]3[C@@H]4C[C@@H]([C@@H]3C2=O)[C@@H](c2ccccc2)C4)c1)C(=O)c1ccc(OCc2ccccc2)cc1. The maximum absolute atomic E-state index is 13.7. The summed E-state index contributed by atoms with van der Waals surface area (Å²) >= 11 is 0. The molecule has 4 aromatic carbocycles. The van der Waals surface area contributed by atoms with Gasteiger partial charge in [0.15, 0.2) is 6.10 Å². The summed E-state index contributed by atoms with van der Waals surface area (Å²) < 4.78 is 11.3. The average Bonchev–Trinajstić information content (AvgIpc) is 3.75. The Morgan fingerprint density at radius 3 is 2.20 bits per heavy atom. The number of hydrogen-bond acceptors (Lipinski definition) is 6. The van der Waals surface area contributed by atoms with E-state index < -0.39 is 12.1 Å². The van der Waals surface area contributed by atoms with Crippen molar-refractivity contribution in [2.45, 2.75) is 38.4 Å². The summed E-state index contributed by atoms with van der Waals surface area (Å²) in [5.41, 5.74) is 3.17. The standard InChI is InChI=1S/C38H33NO6/c1-23(35(40)26-15-17-30(18-16-26)44-22-24-9-4-2-5-10-24)45-38(43)27-13-8-14-29(19-27)39-36(41)33-28-20-31(25-11-6-3-7-12-25)32(21-28)34(33)37(39)42/h2-19,23,28,31-34H,20-22H2,1H3/t23-,28-,31+,32+,33+,34-/m0/s1. The van der Waals surface area contributed by atoms with E-state index in [9.17, 15) is 19.2 Å². The molecule has 7 heteroatoms. The highest BCUT2D eigenvalue weighted by Crippen LogP contribution is 2.61. The van der Waals surface area contributed by atoms with E-state index in [1.807, 2.05) is 48.5 Å². The lowest BCUT2D eigenvalue weighted by Crippen LogP contribution is -2.33. The molecular weight excluding hydrogens is 566 g/mol. The molecule has 0 radical (unpaired) electrons. The number of rotatable bonds is 9. The third-order valence-electron chi connectivity index (χ3n) is 9.62. The van der Waals surface area contributed by atoms with Crippen LogP contribution in [-0.4, -0.2) is 29.7 Å². The molecule has 0 spiro atoms. The average molecular weight is 600 g/mol. The fourth-order valence-corrected chi connectivity index (χ4v) is 7.54. The molecule has 2 bridgehead atoms. The Morgan fingerprint density at radius 2 is 1.47 bits per heavy atom. The number of fused-ring (bicyclic) bond motifs is 5. The van der Waals surface area contributed by atoms with E-state index in [4.69, 9.17) is 9.47 Å². The highest BCUT2D eigenvalue weighted by Gasteiger charge is 2.64. The minimum atomic E-state index is -1.04. The van der Waals surface area contributed by atoms with Crippen LogP contribution in [0.2, 0.25) is 0 Å². The second kappa shape index (κ2) is 11.8. The molecule has 0 unspecified atom stereocenters. The zero-order valence-corrected chi connectivity index (χ0v) is 24.9. The summed E-state index contributed by atoms with van der Waals surface area (Å²) in [5.74, 6) is -0.889. The van der Waals surface area contributed by atoms with Gasteiger partial charge >= 0.3 is 5.97 Å². The van der Waals surface area contributed by atoms with Crippen molar-refractivity contribution in [1.29, 1.82) is 0 Å². The van der Waals surface area contributed by atoms with E-state index in [-0.39, 0.29) is 52.8 Å². The molecule has 2 aliphatic carbocycles. The van der Waals surface area contributed by atoms with Gasteiger partial charge in [0.05, 0.1) is 23.1 Å². The molecule has 4 aromatic rings. The Hall–Kier alpha value is -5.04. The lowest BCUT2D eigenvalue weighted by Gasteiger charge is -2.28. The highest BCUT2D eigenvalue weighted by atomic mass is 16.5. The first-order valence-electron chi connectivity index (χ1n) is 15.4. The number of amides is 2. The van der Waals surface area contributed by atoms with E-state index >= 15 is 0 Å². The van der Waals surface area contributed by atoms with Gasteiger partial charge in [-0.1, -0.05) is 66.7 Å². The van der Waals surface area contributed by atoms with E-state index in [2.05, 4.69) is 12.1 Å². The molecule has 1 heterocycles. The van der Waals surface area contributed by atoms with Gasteiger partial charge in [-0.05, 0) is 91.1 Å². The molecule has 226 valence electrons. The van der Waals surface area contributed by atoms with E-state index in [0.29, 0.717) is 23.6 Å². The summed E-state index contributed by atoms with van der Waals surface area (Å²) in [4.78, 5) is 54.8. The minimum Gasteiger partial charge on any atom is -0.489 e. The topological polar surface area (TPSA) is 90.0 Å². The number of imide groups is 1. The molecule has 6 atom stereocenters. The molecule has 2 amide bonds. The van der Waals surface area contributed by atoms with Gasteiger partial charge in [0, 0.05) is 5.56 Å². The van der Waals surface area contributed by atoms with Crippen LogP contribution in [0, 0.1) is 23.7 Å². The second-order valence-electron chi connectivity index (χ2n) is 12.2. The van der Waals surface area contributed by atoms with Crippen LogP contribution >= 0.6 is 0 Å². The van der Waals surface area contributed by atoms with E-state index in [0.717, 1.165) is 18.4 Å². The Labute approximate surface area is 261 Å². The van der Waals surface area contributed by atoms with Gasteiger partial charge in [-0.3, -0.25) is 19.3 Å². The largest absolute Gasteiger partial charge is 0.489 e. The van der Waals surface area contributed by atoms with Gasteiger partial charge in [0.1, 0.15) is 12.4 Å². The zero-order chi connectivity index (χ0) is 31.1. The number of ketones is 1. The van der Waals surface area contributed by atoms with Crippen LogP contribution in [0.25, 0.3) is 0 Å². The van der Waals surface area contributed by atoms with Crippen LogP contribution < -0.4 is 9.64 Å². The van der Waals surface area contributed by atoms with Crippen LogP contribution in [0.1, 0.15) is 57.5 Å². The number of carbonyl (C=O) groups excluding carboxylic acids is 4. The van der Waals surface area contributed by atoms with Crippen molar-refractivity contribution >= 4 is 29.3 Å². The Morgan fingerprint density at radius 1 is 0.778 bits per heavy atom. The molecule has 1 saturated heterocycles. The third-order valence-corrected chi connectivity index (χ3v) is 9.62. The van der Waals surface area contributed by atoms with Gasteiger partial charge in [-0.15, -0.1) is 0 Å². The zero-order valence-electron chi connectivity index (χ0n) is 24.9. The number of ether oxygens (including phenoxy) is 2. The van der Waals surface area contributed by atoms with E-state index in [1.165, 1.54) is 23.5 Å². The minimum absolute atomic E-state index is 0.133. The van der Waals surface area contributed by atoms with Gasteiger partial charge < -0.3 is 9.47 Å². The van der Waals surface area contributed by atoms with Crippen molar-refractivity contribution in [2.24, 2.45) is 23.7 Å². The number of esters is 1. The monoisotopic (exact) mass is 599 g/mol. The molecule has 2 saturated carbocycles. The molecule has 3 fully saturated rings. The number of carbonyl (C=O) groups is 4. The van der Waals surface area contributed by atoms with Gasteiger partial charge in [-0.2, -0.15) is 0 Å². The van der Waals surface area contributed by atoms with E-state index in [1.54, 1.807) is 42.5 Å². The third kappa shape index (κ3) is 5.33. The van der Waals surface area contributed by atoms with Crippen molar-refractivity contribution in [1.82, 2.24) is 0 Å². The van der Waals surface area contributed by atoms with Crippen molar-refractivity contribution in [3.63, 3.8) is 0 Å².